The first-order valence-electron chi connectivity index (χ1n) is 21.6. The lowest BCUT2D eigenvalue weighted by molar-refractivity contribution is -0.152. The third-order valence-corrected chi connectivity index (χ3v) is 11.9. The predicted molar refractivity (Wildman–Crippen MR) is 225 cm³/mol. The largest absolute Gasteiger partial charge is 0.480 e. The Morgan fingerprint density at radius 2 is 1.33 bits per heavy atom. The van der Waals surface area contributed by atoms with Crippen LogP contribution in [0.5, 0.6) is 0 Å². The number of carbonyl (C=O) groups excluding carboxylic acids is 3. The molecule has 3 aliphatic rings. The molecule has 5 rings (SSSR count). The predicted octanol–water partition coefficient (Wildman–Crippen LogP) is 4.01. The van der Waals surface area contributed by atoms with Gasteiger partial charge in [0.25, 0.3) is 0 Å². The van der Waals surface area contributed by atoms with E-state index in [0.717, 1.165) is 43.2 Å². The number of carboxylic acid groups (broad SMARTS) is 3. The minimum Gasteiger partial charge on any atom is -0.480 e. The van der Waals surface area contributed by atoms with E-state index in [-0.39, 0.29) is 36.4 Å². The van der Waals surface area contributed by atoms with Crippen molar-refractivity contribution in [3.05, 3.63) is 71.8 Å². The number of aliphatic carboxylic acids is 3. The van der Waals surface area contributed by atoms with Crippen molar-refractivity contribution in [1.82, 2.24) is 20.4 Å². The van der Waals surface area contributed by atoms with Gasteiger partial charge in [-0.15, -0.1) is 0 Å². The van der Waals surface area contributed by atoms with Gasteiger partial charge < -0.3 is 35.6 Å². The average molecular weight is 836 g/mol. The van der Waals surface area contributed by atoms with Gasteiger partial charge in [-0.1, -0.05) is 79.9 Å². The normalized spacial score (nSPS) is 21.7. The monoisotopic (exact) mass is 835 g/mol. The Morgan fingerprint density at radius 1 is 0.733 bits per heavy atom. The van der Waals surface area contributed by atoms with Gasteiger partial charge in [0.1, 0.15) is 24.2 Å². The van der Waals surface area contributed by atoms with E-state index in [1.165, 1.54) is 4.90 Å². The summed E-state index contributed by atoms with van der Waals surface area (Å²) >= 11 is 0. The Bertz CT molecular complexity index is 1700. The molecule has 0 unspecified atom stereocenters. The SMILES string of the molecule is CCOC(=O)[C@H](CCc1ccccc1)N[C@@H](C)C(=O)N1[C@H](C(=O)O)C[C@@H]2CCCC[C@@H]21.NCCCC[C@H](N[C@@H](CCc1ccccc1)C(=O)O)C(=O)N1CCC[C@H]1C(=O)O. The van der Waals surface area contributed by atoms with Crippen LogP contribution in [0.1, 0.15) is 102 Å². The highest BCUT2D eigenvalue weighted by molar-refractivity contribution is 5.89. The molecular formula is C45H65N5O10. The molecule has 1 saturated carbocycles. The maximum absolute atomic E-state index is 13.4. The number of nitrogens with two attached hydrogens (primary N) is 1. The molecule has 330 valence electrons. The summed E-state index contributed by atoms with van der Waals surface area (Å²) in [6.07, 6.45) is 9.38. The number of esters is 1. The molecule has 1 aliphatic carbocycles. The molecule has 0 bridgehead atoms. The summed E-state index contributed by atoms with van der Waals surface area (Å²) in [5.74, 6) is -3.69. The Morgan fingerprint density at radius 3 is 1.90 bits per heavy atom. The van der Waals surface area contributed by atoms with Gasteiger partial charge in [-0.05, 0) is 108 Å². The zero-order valence-corrected chi connectivity index (χ0v) is 35.1. The number of rotatable bonds is 21. The molecule has 0 radical (unpaired) electrons. The fraction of sp³-hybridized carbons (Fsp3) is 0.600. The first-order valence-corrected chi connectivity index (χ1v) is 21.6. The zero-order chi connectivity index (χ0) is 43.6. The highest BCUT2D eigenvalue weighted by atomic mass is 16.5. The Hall–Kier alpha value is -4.86. The average Bonchev–Trinajstić information content (AvgIpc) is 3.90. The zero-order valence-electron chi connectivity index (χ0n) is 35.1. The standard InChI is InChI=1S/C24H34N2O5.C21H31N3O5/c1-3-31-24(30)19(14-13-17-9-5-4-6-10-17)25-16(2)22(27)26-20-12-8-7-11-18(20)15-21(26)23(28)29;22-13-5-4-9-16(19(25)24-14-6-10-18(24)21(28)29)23-17(20(26)27)12-11-15-7-2-1-3-8-15/h4-6,9-10,16,18-21,25H,3,7-8,11-15H2,1-2H3,(H,28,29);1-3,7-8,16-18,23H,4-6,9-14,22H2,(H,26,27)(H,28,29)/t16-,18-,19-,20-,21-;16-,17-,18-/m00/s1. The molecule has 2 saturated heterocycles. The van der Waals surface area contributed by atoms with E-state index in [1.54, 1.807) is 18.7 Å². The van der Waals surface area contributed by atoms with Crippen LogP contribution in [-0.2, 0) is 46.3 Å². The molecule has 2 aromatic rings. The van der Waals surface area contributed by atoms with Crippen LogP contribution in [0.4, 0.5) is 0 Å². The molecule has 3 fully saturated rings. The van der Waals surface area contributed by atoms with Crippen LogP contribution in [0.3, 0.4) is 0 Å². The number of nitrogens with zero attached hydrogens (tertiary/aromatic N) is 2. The van der Waals surface area contributed by atoms with E-state index in [2.05, 4.69) is 10.6 Å². The summed E-state index contributed by atoms with van der Waals surface area (Å²) in [6, 6.07) is 14.8. The summed E-state index contributed by atoms with van der Waals surface area (Å²) in [7, 11) is 0. The lowest BCUT2D eigenvalue weighted by atomic mass is 9.84. The van der Waals surface area contributed by atoms with Crippen molar-refractivity contribution in [2.45, 2.75) is 146 Å². The minimum absolute atomic E-state index is 0.0167. The minimum atomic E-state index is -1.02. The van der Waals surface area contributed by atoms with E-state index in [4.69, 9.17) is 10.5 Å². The van der Waals surface area contributed by atoms with Crippen LogP contribution in [-0.4, -0.2) is 123 Å². The molecule has 15 heteroatoms. The van der Waals surface area contributed by atoms with Gasteiger partial charge in [-0.3, -0.25) is 29.8 Å². The number of fused-ring (bicyclic) bond motifs is 1. The number of hydrogen-bond donors (Lipinski definition) is 6. The molecule has 2 amide bonds. The number of amides is 2. The van der Waals surface area contributed by atoms with E-state index in [9.17, 15) is 44.1 Å². The molecule has 0 aromatic heterocycles. The molecule has 2 aliphatic heterocycles. The fourth-order valence-electron chi connectivity index (χ4n) is 8.80. The van der Waals surface area contributed by atoms with Gasteiger partial charge in [0, 0.05) is 12.6 Å². The number of nitrogens with one attached hydrogen (secondary N) is 2. The molecule has 0 spiro atoms. The van der Waals surface area contributed by atoms with E-state index < -0.39 is 54.2 Å². The van der Waals surface area contributed by atoms with E-state index in [0.29, 0.717) is 70.9 Å². The highest BCUT2D eigenvalue weighted by Crippen LogP contribution is 2.40. The Labute approximate surface area is 353 Å². The molecule has 8 atom stereocenters. The summed E-state index contributed by atoms with van der Waals surface area (Å²) in [6.45, 7) is 4.60. The molecule has 2 heterocycles. The first-order chi connectivity index (χ1) is 28.9. The van der Waals surface area contributed by atoms with Gasteiger partial charge in [0.15, 0.2) is 0 Å². The van der Waals surface area contributed by atoms with E-state index in [1.807, 2.05) is 60.7 Å². The number of likely N-dealkylation sites (tertiary alicyclic amines) is 2. The number of hydrogen-bond acceptors (Lipinski definition) is 10. The molecule has 15 nitrogen and oxygen atoms in total. The number of unbranched alkanes of at least 4 members (excludes halogenated alkanes) is 1. The van der Waals surface area contributed by atoms with Crippen LogP contribution in [0.2, 0.25) is 0 Å². The highest BCUT2D eigenvalue weighted by Gasteiger charge is 2.48. The van der Waals surface area contributed by atoms with Gasteiger partial charge >= 0.3 is 23.9 Å². The van der Waals surface area contributed by atoms with Crippen LogP contribution in [0.15, 0.2) is 60.7 Å². The number of benzene rings is 2. The maximum atomic E-state index is 13.4. The van der Waals surface area contributed by atoms with Crippen molar-refractivity contribution in [3.8, 4) is 0 Å². The Balaban J connectivity index is 0.000000265. The lowest BCUT2D eigenvalue weighted by Crippen LogP contribution is -2.55. The van der Waals surface area contributed by atoms with Crippen LogP contribution < -0.4 is 16.4 Å². The van der Waals surface area contributed by atoms with Crippen molar-refractivity contribution in [3.63, 3.8) is 0 Å². The second kappa shape index (κ2) is 24.4. The molecular weight excluding hydrogens is 771 g/mol. The molecule has 60 heavy (non-hydrogen) atoms. The van der Waals surface area contributed by atoms with Crippen molar-refractivity contribution in [1.29, 1.82) is 0 Å². The van der Waals surface area contributed by atoms with Crippen LogP contribution in [0.25, 0.3) is 0 Å². The second-order valence-corrected chi connectivity index (χ2v) is 16.1. The number of ether oxygens (including phenoxy) is 1. The van der Waals surface area contributed by atoms with Crippen LogP contribution in [0, 0.1) is 5.92 Å². The summed E-state index contributed by atoms with van der Waals surface area (Å²) in [5, 5.41) is 34.9. The third-order valence-electron chi connectivity index (χ3n) is 11.9. The van der Waals surface area contributed by atoms with Crippen LogP contribution >= 0.6 is 0 Å². The maximum Gasteiger partial charge on any atom is 0.326 e. The van der Waals surface area contributed by atoms with Gasteiger partial charge in [-0.25, -0.2) is 9.59 Å². The summed E-state index contributed by atoms with van der Waals surface area (Å²) in [4.78, 5) is 77.1. The number of carbonyl (C=O) groups is 6. The van der Waals surface area contributed by atoms with Crippen molar-refractivity contribution in [2.24, 2.45) is 11.7 Å². The number of aryl methyl sites for hydroxylation is 2. The van der Waals surface area contributed by atoms with Gasteiger partial charge in [0.2, 0.25) is 11.8 Å². The van der Waals surface area contributed by atoms with Crippen molar-refractivity contribution >= 4 is 35.7 Å². The lowest BCUT2D eigenvalue weighted by Gasteiger charge is -2.35. The van der Waals surface area contributed by atoms with E-state index >= 15 is 0 Å². The number of carboxylic acids is 3. The second-order valence-electron chi connectivity index (χ2n) is 16.1. The topological polar surface area (TPSA) is 229 Å². The summed E-state index contributed by atoms with van der Waals surface area (Å²) in [5.41, 5.74) is 7.68. The molecule has 2 aromatic carbocycles. The van der Waals surface area contributed by atoms with Gasteiger partial charge in [0.05, 0.1) is 18.7 Å². The van der Waals surface area contributed by atoms with Gasteiger partial charge in [-0.2, -0.15) is 0 Å². The fourth-order valence-corrected chi connectivity index (χ4v) is 8.80. The molecule has 7 N–H and O–H groups in total. The third kappa shape index (κ3) is 13.8. The Kier molecular flexibility index (Phi) is 19.5. The smallest absolute Gasteiger partial charge is 0.326 e. The van der Waals surface area contributed by atoms with Crippen molar-refractivity contribution in [2.75, 3.05) is 19.7 Å². The summed E-state index contributed by atoms with van der Waals surface area (Å²) < 4.78 is 5.22. The quantitative estimate of drug-likeness (QED) is 0.0773. The van der Waals surface area contributed by atoms with Crippen molar-refractivity contribution < 1.29 is 48.8 Å². The first kappa shape index (κ1) is 47.8.